The van der Waals surface area contributed by atoms with Crippen molar-refractivity contribution < 1.29 is 30.3 Å². The van der Waals surface area contributed by atoms with E-state index in [-0.39, 0.29) is 6.29 Å². The number of hydrogen-bond acceptors (Lipinski definition) is 8. The number of aliphatic hydroxyl groups excluding tert-OH is 5. The second kappa shape index (κ2) is 9.57. The smallest absolute Gasteiger partial charge is 0.151 e. The summed E-state index contributed by atoms with van der Waals surface area (Å²) >= 11 is 0. The highest BCUT2D eigenvalue weighted by molar-refractivity contribution is 5.56. The van der Waals surface area contributed by atoms with Crippen LogP contribution in [0.3, 0.4) is 0 Å². The largest absolute Gasteiger partial charge is 0.394 e. The van der Waals surface area contributed by atoms with Crippen molar-refractivity contribution in [1.82, 2.24) is 9.97 Å². The van der Waals surface area contributed by atoms with Crippen molar-refractivity contribution in [3.8, 4) is 0 Å². The fourth-order valence-electron chi connectivity index (χ4n) is 0.871. The molecule has 5 N–H and O–H groups in total. The van der Waals surface area contributed by atoms with Crippen LogP contribution >= 0.6 is 0 Å². The fraction of sp³-hybridized carbons (Fsp3) is 0.500. The first-order valence-electron chi connectivity index (χ1n) is 5.03. The molecule has 1 aromatic rings. The summed E-state index contributed by atoms with van der Waals surface area (Å²) in [4.78, 5) is 17.2. The van der Waals surface area contributed by atoms with Crippen molar-refractivity contribution in [2.45, 2.75) is 24.4 Å². The second-order valence-corrected chi connectivity index (χ2v) is 3.26. The van der Waals surface area contributed by atoms with Gasteiger partial charge >= 0.3 is 0 Å². The van der Waals surface area contributed by atoms with Crippen LogP contribution in [-0.2, 0) is 4.79 Å². The van der Waals surface area contributed by atoms with Crippen LogP contribution in [-0.4, -0.2) is 72.8 Å². The van der Waals surface area contributed by atoms with E-state index in [9.17, 15) is 4.79 Å². The third-order valence-corrected chi connectivity index (χ3v) is 1.90. The lowest BCUT2D eigenvalue weighted by Crippen LogP contribution is -2.46. The second-order valence-electron chi connectivity index (χ2n) is 3.26. The number of aldehydes is 1. The molecule has 1 heterocycles. The lowest BCUT2D eigenvalue weighted by molar-refractivity contribution is -0.136. The quantitative estimate of drug-likeness (QED) is 0.354. The molecule has 0 bridgehead atoms. The van der Waals surface area contributed by atoms with Crippen molar-refractivity contribution in [2.24, 2.45) is 0 Å². The van der Waals surface area contributed by atoms with Gasteiger partial charge in [0, 0.05) is 12.4 Å². The van der Waals surface area contributed by atoms with E-state index in [4.69, 9.17) is 25.5 Å². The maximum atomic E-state index is 9.90. The Morgan fingerprint density at radius 3 is 1.89 bits per heavy atom. The summed E-state index contributed by atoms with van der Waals surface area (Å²) in [5, 5.41) is 43.5. The Hall–Kier alpha value is -1.45. The van der Waals surface area contributed by atoms with Crippen LogP contribution < -0.4 is 0 Å². The Bertz CT molecular complexity index is 286. The number of carbonyl (C=O) groups excluding carboxylic acids is 1. The van der Waals surface area contributed by atoms with Crippen molar-refractivity contribution in [3.63, 3.8) is 0 Å². The van der Waals surface area contributed by atoms with E-state index in [0.717, 1.165) is 0 Å². The molecule has 4 atom stereocenters. The van der Waals surface area contributed by atoms with E-state index in [1.165, 1.54) is 6.33 Å². The molecule has 0 aliphatic carbocycles. The van der Waals surface area contributed by atoms with Crippen LogP contribution in [0.2, 0.25) is 0 Å². The molecule has 0 aliphatic heterocycles. The molecule has 102 valence electrons. The van der Waals surface area contributed by atoms with Gasteiger partial charge in [0.05, 0.1) is 6.61 Å². The van der Waals surface area contributed by atoms with E-state index in [2.05, 4.69) is 9.97 Å². The van der Waals surface area contributed by atoms with Crippen LogP contribution in [0, 0.1) is 0 Å². The zero-order valence-electron chi connectivity index (χ0n) is 9.44. The van der Waals surface area contributed by atoms with Gasteiger partial charge in [0.15, 0.2) is 6.29 Å². The van der Waals surface area contributed by atoms with E-state index in [1.54, 1.807) is 18.5 Å². The number of aliphatic hydroxyl groups is 5. The number of rotatable bonds is 5. The van der Waals surface area contributed by atoms with Gasteiger partial charge in [-0.15, -0.1) is 0 Å². The molecule has 0 amide bonds. The maximum Gasteiger partial charge on any atom is 0.151 e. The minimum Gasteiger partial charge on any atom is -0.394 e. The average molecular weight is 260 g/mol. The highest BCUT2D eigenvalue weighted by Gasteiger charge is 2.29. The number of carbonyl (C=O) groups is 1. The van der Waals surface area contributed by atoms with Crippen LogP contribution in [0.25, 0.3) is 0 Å². The molecule has 0 radical (unpaired) electrons. The summed E-state index contributed by atoms with van der Waals surface area (Å²) in [6.07, 6.45) is -1.96. The Morgan fingerprint density at radius 1 is 1.06 bits per heavy atom. The van der Waals surface area contributed by atoms with Gasteiger partial charge in [-0.3, -0.25) is 0 Å². The maximum absolute atomic E-state index is 9.90. The summed E-state index contributed by atoms with van der Waals surface area (Å²) in [5.41, 5.74) is 0. The first-order chi connectivity index (χ1) is 8.54. The molecule has 8 heteroatoms. The van der Waals surface area contributed by atoms with Gasteiger partial charge in [0.1, 0.15) is 30.7 Å². The Kier molecular flexibility index (Phi) is 8.80. The standard InChI is InChI=1S/C6H12O6.C4H4N2/c7-1-3(9)5(11)6(12)4(10)2-8;1-2-5-4-6-3-1/h1,3-6,8-12H,2H2;1-4H. The predicted molar refractivity (Wildman–Crippen MR) is 59.2 cm³/mol. The normalized spacial score (nSPS) is 16.7. The minimum absolute atomic E-state index is 0.0258. The van der Waals surface area contributed by atoms with Crippen LogP contribution in [0.15, 0.2) is 24.8 Å². The fourth-order valence-corrected chi connectivity index (χ4v) is 0.871. The van der Waals surface area contributed by atoms with Gasteiger partial charge in [-0.05, 0) is 6.07 Å². The molecule has 0 spiro atoms. The minimum atomic E-state index is -1.79. The highest BCUT2D eigenvalue weighted by atomic mass is 16.4. The van der Waals surface area contributed by atoms with Crippen molar-refractivity contribution in [3.05, 3.63) is 24.8 Å². The lowest BCUT2D eigenvalue weighted by Gasteiger charge is -2.22. The number of aromatic nitrogens is 2. The molecule has 0 fully saturated rings. The molecule has 0 aliphatic rings. The molecule has 0 aromatic carbocycles. The number of nitrogens with zero attached hydrogens (tertiary/aromatic N) is 2. The average Bonchev–Trinajstić information content (AvgIpc) is 2.46. The topological polar surface area (TPSA) is 144 Å². The van der Waals surface area contributed by atoms with E-state index in [0.29, 0.717) is 0 Å². The molecule has 18 heavy (non-hydrogen) atoms. The first kappa shape index (κ1) is 16.6. The molecule has 0 saturated heterocycles. The molecule has 1 aromatic heterocycles. The predicted octanol–water partition coefficient (Wildman–Crippen LogP) is -2.90. The zero-order chi connectivity index (χ0) is 14.0. The third-order valence-electron chi connectivity index (χ3n) is 1.90. The molecule has 8 nitrogen and oxygen atoms in total. The summed E-state index contributed by atoms with van der Waals surface area (Å²) in [7, 11) is 0. The Labute approximate surface area is 103 Å². The van der Waals surface area contributed by atoms with E-state index in [1.807, 2.05) is 0 Å². The Balaban J connectivity index is 0.000000397. The summed E-state index contributed by atoms with van der Waals surface area (Å²) < 4.78 is 0. The van der Waals surface area contributed by atoms with Crippen molar-refractivity contribution >= 4 is 6.29 Å². The monoisotopic (exact) mass is 260 g/mol. The van der Waals surface area contributed by atoms with Gasteiger partial charge in [-0.1, -0.05) is 0 Å². The molecule has 0 saturated carbocycles. The molecular formula is C10H16N2O6. The van der Waals surface area contributed by atoms with Crippen LogP contribution in [0.1, 0.15) is 0 Å². The lowest BCUT2D eigenvalue weighted by atomic mass is 10.0. The van der Waals surface area contributed by atoms with E-state index >= 15 is 0 Å². The van der Waals surface area contributed by atoms with Gasteiger partial charge in [0.2, 0.25) is 0 Å². The molecule has 1 rings (SSSR count). The zero-order valence-corrected chi connectivity index (χ0v) is 9.44. The molecule has 4 unspecified atom stereocenters. The van der Waals surface area contributed by atoms with Gasteiger partial charge in [-0.25, -0.2) is 9.97 Å². The van der Waals surface area contributed by atoms with Gasteiger partial charge in [-0.2, -0.15) is 0 Å². The first-order valence-corrected chi connectivity index (χ1v) is 5.03. The molecular weight excluding hydrogens is 244 g/mol. The SMILES string of the molecule is O=CC(O)C(O)C(O)C(O)CO.c1cncnc1. The van der Waals surface area contributed by atoms with Crippen LogP contribution in [0.5, 0.6) is 0 Å². The highest BCUT2D eigenvalue weighted by Crippen LogP contribution is 2.02. The van der Waals surface area contributed by atoms with E-state index < -0.39 is 31.0 Å². The Morgan fingerprint density at radius 2 is 1.61 bits per heavy atom. The summed E-state index contributed by atoms with van der Waals surface area (Å²) in [6, 6.07) is 1.78. The van der Waals surface area contributed by atoms with Crippen LogP contribution in [0.4, 0.5) is 0 Å². The summed E-state index contributed by atoms with van der Waals surface area (Å²) in [5.74, 6) is 0. The van der Waals surface area contributed by atoms with Gasteiger partial charge in [0.25, 0.3) is 0 Å². The van der Waals surface area contributed by atoms with Gasteiger partial charge < -0.3 is 30.3 Å². The third kappa shape index (κ3) is 6.33. The van der Waals surface area contributed by atoms with Crippen molar-refractivity contribution in [1.29, 1.82) is 0 Å². The summed E-state index contributed by atoms with van der Waals surface area (Å²) in [6.45, 7) is -0.760. The van der Waals surface area contributed by atoms with Crippen molar-refractivity contribution in [2.75, 3.05) is 6.61 Å². The number of hydrogen-bond donors (Lipinski definition) is 5.